The van der Waals surface area contributed by atoms with Crippen LogP contribution < -0.4 is 0 Å². The Morgan fingerprint density at radius 2 is 1.03 bits per heavy atom. The fourth-order valence-electron chi connectivity index (χ4n) is 5.09. The molecular formula is C26H20O8. The first kappa shape index (κ1) is 21.6. The molecule has 0 N–H and O–H groups in total. The maximum absolute atomic E-state index is 13.6. The van der Waals surface area contributed by atoms with E-state index in [2.05, 4.69) is 0 Å². The van der Waals surface area contributed by atoms with E-state index < -0.39 is 46.5 Å². The monoisotopic (exact) mass is 460 g/mol. The van der Waals surface area contributed by atoms with Crippen LogP contribution in [0.2, 0.25) is 0 Å². The average Bonchev–Trinajstić information content (AvgIpc) is 3.42. The van der Waals surface area contributed by atoms with Crippen LogP contribution in [0.15, 0.2) is 72.8 Å². The SMILES string of the molecule is COC(=O)[C@@H]1[C@@H](C(=O)OC)[C@@]2(OC(c3ccccc3)=CC2=O)[C@]12OC(c1ccccc1)=CC2=O. The Morgan fingerprint density at radius 3 is 1.35 bits per heavy atom. The highest BCUT2D eigenvalue weighted by Gasteiger charge is 2.89. The summed E-state index contributed by atoms with van der Waals surface area (Å²) in [7, 11) is 2.26. The highest BCUT2D eigenvalue weighted by Crippen LogP contribution is 2.64. The molecule has 8 nitrogen and oxygen atoms in total. The van der Waals surface area contributed by atoms with Gasteiger partial charge in [0.05, 0.1) is 14.2 Å². The molecule has 0 aromatic heterocycles. The molecule has 1 aliphatic carbocycles. The van der Waals surface area contributed by atoms with Gasteiger partial charge in [-0.05, 0) is 0 Å². The Kier molecular flexibility index (Phi) is 4.89. The summed E-state index contributed by atoms with van der Waals surface area (Å²) in [5, 5.41) is 0. The van der Waals surface area contributed by atoms with Gasteiger partial charge in [-0.1, -0.05) is 60.7 Å². The zero-order valence-corrected chi connectivity index (χ0v) is 18.3. The molecule has 3 aliphatic rings. The molecule has 0 unspecified atom stereocenters. The number of methoxy groups -OCH3 is 2. The summed E-state index contributed by atoms with van der Waals surface area (Å²) in [5.41, 5.74) is -3.13. The van der Waals surface area contributed by atoms with E-state index in [0.717, 1.165) is 14.2 Å². The predicted molar refractivity (Wildman–Crippen MR) is 117 cm³/mol. The van der Waals surface area contributed by atoms with Crippen molar-refractivity contribution in [2.75, 3.05) is 14.2 Å². The number of carbonyl (C=O) groups is 4. The number of fused-ring (bicyclic) bond motifs is 1. The molecule has 5 rings (SSSR count). The van der Waals surface area contributed by atoms with Crippen molar-refractivity contribution in [1.82, 2.24) is 0 Å². The largest absolute Gasteiger partial charge is 0.473 e. The maximum atomic E-state index is 13.6. The first-order valence-electron chi connectivity index (χ1n) is 10.6. The van der Waals surface area contributed by atoms with Crippen molar-refractivity contribution in [3.63, 3.8) is 0 Å². The topological polar surface area (TPSA) is 105 Å². The van der Waals surface area contributed by atoms with Crippen LogP contribution >= 0.6 is 0 Å². The van der Waals surface area contributed by atoms with E-state index in [0.29, 0.717) is 11.1 Å². The van der Waals surface area contributed by atoms with Crippen molar-refractivity contribution < 1.29 is 38.1 Å². The Labute approximate surface area is 194 Å². The molecule has 172 valence electrons. The van der Waals surface area contributed by atoms with Gasteiger partial charge in [-0.25, -0.2) is 0 Å². The number of hydrogen-bond donors (Lipinski definition) is 0. The summed E-state index contributed by atoms with van der Waals surface area (Å²) in [5.74, 6) is -5.71. The van der Waals surface area contributed by atoms with Gasteiger partial charge in [0, 0.05) is 23.3 Å². The smallest absolute Gasteiger partial charge is 0.314 e. The van der Waals surface area contributed by atoms with Gasteiger partial charge < -0.3 is 18.9 Å². The number of ether oxygens (including phenoxy) is 4. The van der Waals surface area contributed by atoms with E-state index in [4.69, 9.17) is 18.9 Å². The molecule has 1 saturated carbocycles. The molecule has 4 atom stereocenters. The minimum atomic E-state index is -2.13. The van der Waals surface area contributed by atoms with Crippen LogP contribution in [0, 0.1) is 11.8 Å². The van der Waals surface area contributed by atoms with Crippen LogP contribution in [-0.4, -0.2) is 48.9 Å². The minimum absolute atomic E-state index is 0.159. The van der Waals surface area contributed by atoms with Crippen LogP contribution in [0.3, 0.4) is 0 Å². The third-order valence-corrected chi connectivity index (χ3v) is 6.59. The standard InChI is InChI=1S/C26H20O8/c1-31-23(29)21-22(24(30)32-2)26(20(28)14-18(34-26)16-11-7-4-8-12-16)25(21)19(27)13-17(33-25)15-9-5-3-6-10-15/h3-14,21-22H,1-2H3/t21-,22-,25+,26+/m0/s1. The van der Waals surface area contributed by atoms with Gasteiger partial charge in [-0.2, -0.15) is 0 Å². The lowest BCUT2D eigenvalue weighted by Gasteiger charge is -2.58. The van der Waals surface area contributed by atoms with E-state index in [9.17, 15) is 19.2 Å². The fraction of sp³-hybridized carbons (Fsp3) is 0.231. The second-order valence-electron chi connectivity index (χ2n) is 8.15. The molecule has 2 aliphatic heterocycles. The van der Waals surface area contributed by atoms with Gasteiger partial charge in [-0.15, -0.1) is 0 Å². The molecule has 0 amide bonds. The molecule has 0 bridgehead atoms. The van der Waals surface area contributed by atoms with Gasteiger partial charge in [0.15, 0.2) is 0 Å². The lowest BCUT2D eigenvalue weighted by Crippen LogP contribution is -2.84. The van der Waals surface area contributed by atoms with Gasteiger partial charge in [-0.3, -0.25) is 19.2 Å². The average molecular weight is 460 g/mol. The molecular weight excluding hydrogens is 440 g/mol. The normalized spacial score (nSPS) is 29.1. The van der Waals surface area contributed by atoms with Crippen molar-refractivity contribution in [2.45, 2.75) is 11.2 Å². The number of esters is 2. The number of benzene rings is 2. The first-order valence-corrected chi connectivity index (χ1v) is 10.6. The zero-order valence-electron chi connectivity index (χ0n) is 18.3. The molecule has 2 spiro atoms. The Bertz CT molecular complexity index is 1160. The van der Waals surface area contributed by atoms with Crippen molar-refractivity contribution in [3.05, 3.63) is 83.9 Å². The van der Waals surface area contributed by atoms with Gasteiger partial charge in [0.2, 0.25) is 22.8 Å². The molecule has 8 heteroatoms. The van der Waals surface area contributed by atoms with Gasteiger partial charge >= 0.3 is 11.9 Å². The van der Waals surface area contributed by atoms with Crippen molar-refractivity contribution in [1.29, 1.82) is 0 Å². The van der Waals surface area contributed by atoms with Crippen LogP contribution in [-0.2, 0) is 38.1 Å². The molecule has 0 saturated heterocycles. The van der Waals surface area contributed by atoms with Gasteiger partial charge in [0.25, 0.3) is 0 Å². The first-order chi connectivity index (χ1) is 16.4. The number of ketones is 2. The van der Waals surface area contributed by atoms with E-state index in [1.54, 1.807) is 60.7 Å². The van der Waals surface area contributed by atoms with Gasteiger partial charge in [0.1, 0.15) is 23.4 Å². The Morgan fingerprint density at radius 1 is 0.676 bits per heavy atom. The maximum Gasteiger partial charge on any atom is 0.314 e. The summed E-state index contributed by atoms with van der Waals surface area (Å²) >= 11 is 0. The third-order valence-electron chi connectivity index (χ3n) is 6.59. The molecule has 34 heavy (non-hydrogen) atoms. The third kappa shape index (κ3) is 2.65. The summed E-state index contributed by atoms with van der Waals surface area (Å²) < 4.78 is 22.2. The van der Waals surface area contributed by atoms with E-state index in [1.807, 2.05) is 0 Å². The fourth-order valence-corrected chi connectivity index (χ4v) is 5.09. The quantitative estimate of drug-likeness (QED) is 0.641. The van der Waals surface area contributed by atoms with Crippen LogP contribution in [0.25, 0.3) is 11.5 Å². The lowest BCUT2D eigenvalue weighted by atomic mass is 9.47. The van der Waals surface area contributed by atoms with Crippen LogP contribution in [0.1, 0.15) is 11.1 Å². The molecule has 1 fully saturated rings. The summed E-state index contributed by atoms with van der Waals surface area (Å²) in [6.45, 7) is 0. The summed E-state index contributed by atoms with van der Waals surface area (Å²) in [6, 6.07) is 17.5. The molecule has 2 aromatic rings. The van der Waals surface area contributed by atoms with E-state index in [1.165, 1.54) is 12.2 Å². The number of hydrogen-bond acceptors (Lipinski definition) is 8. The van der Waals surface area contributed by atoms with Crippen LogP contribution in [0.4, 0.5) is 0 Å². The summed E-state index contributed by atoms with van der Waals surface area (Å²) in [4.78, 5) is 53.0. The van der Waals surface area contributed by atoms with Crippen molar-refractivity contribution in [3.8, 4) is 0 Å². The highest BCUT2D eigenvalue weighted by molar-refractivity contribution is 6.21. The van der Waals surface area contributed by atoms with E-state index in [-0.39, 0.29) is 11.5 Å². The van der Waals surface area contributed by atoms with Crippen LogP contribution in [0.5, 0.6) is 0 Å². The van der Waals surface area contributed by atoms with E-state index >= 15 is 0 Å². The molecule has 0 radical (unpaired) electrons. The van der Waals surface area contributed by atoms with Crippen molar-refractivity contribution >= 4 is 35.0 Å². The van der Waals surface area contributed by atoms with Crippen molar-refractivity contribution in [2.24, 2.45) is 11.8 Å². The summed E-state index contributed by atoms with van der Waals surface area (Å²) in [6.07, 6.45) is 2.44. The highest BCUT2D eigenvalue weighted by atomic mass is 16.6. The number of rotatable bonds is 4. The molecule has 2 heterocycles. The number of carbonyl (C=O) groups excluding carboxylic acids is 4. The predicted octanol–water partition coefficient (Wildman–Crippen LogP) is 2.34. The Hall–Kier alpha value is -4.20. The molecule has 2 aromatic carbocycles. The second kappa shape index (κ2) is 7.69. The lowest BCUT2D eigenvalue weighted by molar-refractivity contribution is -0.260. The second-order valence-corrected chi connectivity index (χ2v) is 8.15. The Balaban J connectivity index is 1.66. The minimum Gasteiger partial charge on any atom is -0.473 e. The zero-order chi connectivity index (χ0) is 24.1.